The van der Waals surface area contributed by atoms with E-state index in [1.54, 1.807) is 14.2 Å². The van der Waals surface area contributed by atoms with Gasteiger partial charge in [0.15, 0.2) is 0 Å². The minimum atomic E-state index is -2.72. The topological polar surface area (TPSA) is 18.5 Å². The zero-order valence-electron chi connectivity index (χ0n) is 15.5. The standard InChI is InChI=1S/C22H23ClO2Si/c1-16-11-17(2)13-22(12-16)26(23,20-9-5-7-18(14-20)24-3)21-10-6-8-19(15-21)25-4/h5-15H,1-4H3. The fraction of sp³-hybridized carbons (Fsp3) is 0.182. The molecule has 3 aromatic carbocycles. The van der Waals surface area contributed by atoms with E-state index in [9.17, 15) is 0 Å². The highest BCUT2D eigenvalue weighted by Crippen LogP contribution is 2.19. The average molecular weight is 383 g/mol. The number of rotatable bonds is 5. The molecule has 0 heterocycles. The highest BCUT2D eigenvalue weighted by Gasteiger charge is 2.38. The molecular formula is C22H23ClO2Si. The molecule has 0 radical (unpaired) electrons. The van der Waals surface area contributed by atoms with Crippen LogP contribution in [-0.4, -0.2) is 21.6 Å². The summed E-state index contributed by atoms with van der Waals surface area (Å²) in [5, 5.41) is 3.35. The third-order valence-electron chi connectivity index (χ3n) is 4.55. The van der Waals surface area contributed by atoms with Gasteiger partial charge in [-0.2, -0.15) is 0 Å². The number of benzene rings is 3. The summed E-state index contributed by atoms with van der Waals surface area (Å²) in [5.74, 6) is 1.62. The third-order valence-corrected chi connectivity index (χ3v) is 9.82. The van der Waals surface area contributed by atoms with Crippen molar-refractivity contribution in [2.24, 2.45) is 0 Å². The van der Waals surface area contributed by atoms with Crippen LogP contribution in [-0.2, 0) is 0 Å². The van der Waals surface area contributed by atoms with Crippen LogP contribution in [0, 0.1) is 13.8 Å². The summed E-state index contributed by atoms with van der Waals surface area (Å²) in [5.41, 5.74) is 2.42. The molecule has 26 heavy (non-hydrogen) atoms. The Morgan fingerprint density at radius 1 is 0.654 bits per heavy atom. The van der Waals surface area contributed by atoms with Gasteiger partial charge in [-0.15, -0.1) is 11.1 Å². The SMILES string of the molecule is COc1cccc([Si](Cl)(c2cc(C)cc(C)c2)c2cccc(OC)c2)c1. The van der Waals surface area contributed by atoms with E-state index < -0.39 is 7.38 Å². The van der Waals surface area contributed by atoms with E-state index in [0.717, 1.165) is 27.1 Å². The molecule has 0 bridgehead atoms. The van der Waals surface area contributed by atoms with Crippen LogP contribution in [0.15, 0.2) is 66.7 Å². The Hall–Kier alpha value is -2.23. The van der Waals surface area contributed by atoms with E-state index in [1.165, 1.54) is 11.1 Å². The molecule has 2 nitrogen and oxygen atoms in total. The zero-order valence-corrected chi connectivity index (χ0v) is 17.3. The second-order valence-corrected chi connectivity index (χ2v) is 11.2. The molecule has 0 aliphatic heterocycles. The first-order valence-corrected chi connectivity index (χ1v) is 11.6. The number of methoxy groups -OCH3 is 2. The van der Waals surface area contributed by atoms with E-state index in [4.69, 9.17) is 20.6 Å². The first kappa shape index (κ1) is 18.6. The van der Waals surface area contributed by atoms with E-state index in [0.29, 0.717) is 0 Å². The minimum absolute atomic E-state index is 0.812. The molecule has 0 fully saturated rings. The smallest absolute Gasteiger partial charge is 0.248 e. The predicted octanol–water partition coefficient (Wildman–Crippen LogP) is 3.53. The number of ether oxygens (including phenoxy) is 2. The Kier molecular flexibility index (Phi) is 5.40. The van der Waals surface area contributed by atoms with Gasteiger partial charge in [-0.3, -0.25) is 0 Å². The van der Waals surface area contributed by atoms with Crippen LogP contribution < -0.4 is 25.0 Å². The predicted molar refractivity (Wildman–Crippen MR) is 112 cm³/mol. The van der Waals surface area contributed by atoms with Gasteiger partial charge in [0.25, 0.3) is 0 Å². The summed E-state index contributed by atoms with van der Waals surface area (Å²) in [6.07, 6.45) is 0. The highest BCUT2D eigenvalue weighted by atomic mass is 35.6. The van der Waals surface area contributed by atoms with Crippen molar-refractivity contribution in [1.29, 1.82) is 0 Å². The summed E-state index contributed by atoms with van der Waals surface area (Å²) in [6, 6.07) is 22.8. The lowest BCUT2D eigenvalue weighted by atomic mass is 10.2. The van der Waals surface area contributed by atoms with Crippen molar-refractivity contribution < 1.29 is 9.47 Å². The Bertz CT molecular complexity index is 856. The van der Waals surface area contributed by atoms with Crippen molar-refractivity contribution in [1.82, 2.24) is 0 Å². The van der Waals surface area contributed by atoms with Crippen molar-refractivity contribution in [3.05, 3.63) is 77.9 Å². The minimum Gasteiger partial charge on any atom is -0.497 e. The number of aryl methyl sites for hydroxylation is 2. The summed E-state index contributed by atoms with van der Waals surface area (Å²) >= 11 is 7.55. The van der Waals surface area contributed by atoms with E-state index in [2.05, 4.69) is 56.3 Å². The maximum absolute atomic E-state index is 7.55. The van der Waals surface area contributed by atoms with Crippen molar-refractivity contribution in [2.75, 3.05) is 14.2 Å². The molecule has 3 aromatic rings. The first-order valence-electron chi connectivity index (χ1n) is 8.54. The lowest BCUT2D eigenvalue weighted by Gasteiger charge is -2.28. The molecule has 0 spiro atoms. The molecule has 4 heteroatoms. The molecule has 0 saturated heterocycles. The fourth-order valence-corrected chi connectivity index (χ4v) is 7.57. The molecule has 0 amide bonds. The molecule has 0 unspecified atom stereocenters. The molecule has 0 atom stereocenters. The molecule has 134 valence electrons. The zero-order chi connectivity index (χ0) is 18.7. The van der Waals surface area contributed by atoms with Gasteiger partial charge in [0.05, 0.1) is 14.2 Å². The largest absolute Gasteiger partial charge is 0.497 e. The van der Waals surface area contributed by atoms with Crippen LogP contribution in [0.2, 0.25) is 0 Å². The van der Waals surface area contributed by atoms with E-state index in [1.807, 2.05) is 24.3 Å². The van der Waals surface area contributed by atoms with Gasteiger partial charge in [0.1, 0.15) is 11.5 Å². The summed E-state index contributed by atoms with van der Waals surface area (Å²) in [4.78, 5) is 0. The monoisotopic (exact) mass is 382 g/mol. The lowest BCUT2D eigenvalue weighted by Crippen LogP contribution is -2.63. The molecule has 0 aliphatic rings. The first-order chi connectivity index (χ1) is 12.5. The summed E-state index contributed by atoms with van der Waals surface area (Å²) in [7, 11) is 0.635. The molecule has 3 rings (SSSR count). The van der Waals surface area contributed by atoms with Crippen LogP contribution in [0.1, 0.15) is 11.1 Å². The maximum atomic E-state index is 7.55. The van der Waals surface area contributed by atoms with Crippen LogP contribution in [0.4, 0.5) is 0 Å². The van der Waals surface area contributed by atoms with Gasteiger partial charge in [0, 0.05) is 0 Å². The van der Waals surface area contributed by atoms with Gasteiger partial charge in [-0.05, 0) is 53.7 Å². The van der Waals surface area contributed by atoms with Crippen molar-refractivity contribution in [3.8, 4) is 11.5 Å². The van der Waals surface area contributed by atoms with Crippen LogP contribution in [0.25, 0.3) is 0 Å². The molecule has 0 aliphatic carbocycles. The Labute approximate surface area is 161 Å². The summed E-state index contributed by atoms with van der Waals surface area (Å²) < 4.78 is 10.9. The van der Waals surface area contributed by atoms with Gasteiger partial charge in [-0.25, -0.2) is 0 Å². The number of halogens is 1. The molecule has 0 saturated carbocycles. The average Bonchev–Trinajstić information content (AvgIpc) is 2.66. The maximum Gasteiger partial charge on any atom is 0.248 e. The van der Waals surface area contributed by atoms with Crippen LogP contribution >= 0.6 is 11.1 Å². The van der Waals surface area contributed by atoms with Crippen LogP contribution in [0.3, 0.4) is 0 Å². The third kappa shape index (κ3) is 3.50. The Balaban J connectivity index is 2.30. The lowest BCUT2D eigenvalue weighted by molar-refractivity contribution is 0.415. The van der Waals surface area contributed by atoms with Gasteiger partial charge >= 0.3 is 0 Å². The second kappa shape index (κ2) is 7.56. The van der Waals surface area contributed by atoms with Crippen molar-refractivity contribution in [2.45, 2.75) is 13.8 Å². The Morgan fingerprint density at radius 3 is 1.54 bits per heavy atom. The molecule has 0 N–H and O–H groups in total. The highest BCUT2D eigenvalue weighted by molar-refractivity contribution is 7.40. The number of hydrogen-bond acceptors (Lipinski definition) is 2. The number of hydrogen-bond donors (Lipinski definition) is 0. The van der Waals surface area contributed by atoms with E-state index in [-0.39, 0.29) is 0 Å². The normalized spacial score (nSPS) is 11.3. The molecular weight excluding hydrogens is 360 g/mol. The quantitative estimate of drug-likeness (QED) is 0.382. The fourth-order valence-electron chi connectivity index (χ4n) is 3.35. The van der Waals surface area contributed by atoms with Gasteiger partial charge in [-0.1, -0.05) is 53.6 Å². The van der Waals surface area contributed by atoms with Gasteiger partial charge in [0.2, 0.25) is 7.38 Å². The molecule has 0 aromatic heterocycles. The second-order valence-electron chi connectivity index (χ2n) is 6.50. The summed E-state index contributed by atoms with van der Waals surface area (Å²) in [6.45, 7) is 4.22. The van der Waals surface area contributed by atoms with Crippen molar-refractivity contribution >= 4 is 34.0 Å². The van der Waals surface area contributed by atoms with E-state index >= 15 is 0 Å². The van der Waals surface area contributed by atoms with Crippen molar-refractivity contribution in [3.63, 3.8) is 0 Å². The van der Waals surface area contributed by atoms with Gasteiger partial charge < -0.3 is 9.47 Å². The Morgan fingerprint density at radius 2 is 1.12 bits per heavy atom. The van der Waals surface area contributed by atoms with Crippen LogP contribution in [0.5, 0.6) is 11.5 Å².